The molecule has 2 aromatic carbocycles. The van der Waals surface area contributed by atoms with Gasteiger partial charge in [0.05, 0.1) is 27.4 Å². The highest BCUT2D eigenvalue weighted by atomic mass is 16.7. The van der Waals surface area contributed by atoms with Crippen molar-refractivity contribution in [3.05, 3.63) is 28.4 Å². The Morgan fingerprint density at radius 1 is 0.810 bits per heavy atom. The summed E-state index contributed by atoms with van der Waals surface area (Å²) in [5.41, 5.74) is -1.28. The number of aliphatic hydroxyl groups excluding tert-OH is 6. The predicted molar refractivity (Wildman–Crippen MR) is 137 cm³/mol. The lowest BCUT2D eigenvalue weighted by molar-refractivity contribution is -0.307. The van der Waals surface area contributed by atoms with E-state index in [1.807, 2.05) is 0 Å². The molecule has 8 N–H and O–H groups in total. The first-order valence-electron chi connectivity index (χ1n) is 12.7. The number of fused-ring (bicyclic) bond motifs is 2. The third-order valence-corrected chi connectivity index (χ3v) is 7.15. The van der Waals surface area contributed by atoms with E-state index in [1.54, 1.807) is 0 Å². The van der Waals surface area contributed by atoms with Crippen LogP contribution in [-0.2, 0) is 14.2 Å². The number of ether oxygens (including phenoxy) is 6. The topological polar surface area (TPSA) is 247 Å². The minimum Gasteiger partial charge on any atom is -0.507 e. The summed E-state index contributed by atoms with van der Waals surface area (Å²) in [6.07, 6.45) is -14.6. The van der Waals surface area contributed by atoms with Crippen LogP contribution in [0.3, 0.4) is 0 Å². The van der Waals surface area contributed by atoms with E-state index >= 15 is 0 Å². The molecule has 9 atom stereocenters. The van der Waals surface area contributed by atoms with Crippen LogP contribution in [-0.4, -0.2) is 124 Å². The third-order valence-electron chi connectivity index (χ3n) is 7.15. The van der Waals surface area contributed by atoms with Crippen molar-refractivity contribution in [2.24, 2.45) is 0 Å². The largest absolute Gasteiger partial charge is 0.507 e. The molecule has 16 heteroatoms. The third kappa shape index (κ3) is 5.06. The Kier molecular flexibility index (Phi) is 8.35. The van der Waals surface area contributed by atoms with Gasteiger partial charge in [0.25, 0.3) is 0 Å². The maximum Gasteiger partial charge on any atom is 0.229 e. The van der Waals surface area contributed by atoms with Crippen LogP contribution in [0.1, 0.15) is 0 Å². The van der Waals surface area contributed by atoms with Gasteiger partial charge in [-0.05, 0) is 12.1 Å². The molecule has 2 aliphatic heterocycles. The minimum absolute atomic E-state index is 0.0924. The average molecular weight is 599 g/mol. The van der Waals surface area contributed by atoms with Crippen molar-refractivity contribution in [2.75, 3.05) is 27.4 Å². The van der Waals surface area contributed by atoms with Gasteiger partial charge in [0, 0.05) is 6.07 Å². The van der Waals surface area contributed by atoms with Gasteiger partial charge in [0.1, 0.15) is 65.0 Å². The highest BCUT2D eigenvalue weighted by Gasteiger charge is 2.47. The number of hydrogen-bond donors (Lipinski definition) is 8. The Morgan fingerprint density at radius 2 is 1.52 bits per heavy atom. The van der Waals surface area contributed by atoms with Crippen LogP contribution in [0.25, 0.3) is 21.9 Å². The van der Waals surface area contributed by atoms with E-state index in [2.05, 4.69) is 0 Å². The second-order valence-electron chi connectivity index (χ2n) is 9.77. The summed E-state index contributed by atoms with van der Waals surface area (Å²) in [6.45, 7) is -0.902. The molecule has 2 saturated heterocycles. The maximum atomic E-state index is 13.7. The van der Waals surface area contributed by atoms with E-state index in [9.17, 15) is 45.6 Å². The van der Waals surface area contributed by atoms with Crippen molar-refractivity contribution < 1.29 is 73.7 Å². The van der Waals surface area contributed by atoms with E-state index in [-0.39, 0.29) is 40.0 Å². The van der Waals surface area contributed by atoms with Gasteiger partial charge in [-0.25, -0.2) is 0 Å². The molecule has 42 heavy (non-hydrogen) atoms. The Morgan fingerprint density at radius 3 is 2.21 bits per heavy atom. The average Bonchev–Trinajstić information content (AvgIpc) is 2.96. The molecule has 3 heterocycles. The van der Waals surface area contributed by atoms with Gasteiger partial charge < -0.3 is 73.7 Å². The van der Waals surface area contributed by atoms with Crippen LogP contribution < -0.4 is 19.6 Å². The molecular weight excluding hydrogens is 568 g/mol. The SMILES string of the molecule is COc1ccc(O)c2c(=O)c3c(OC4OC(COC5OCC(O)C(O)C5O)C(O)C(O)C4O)cc(O)c(OC)c3oc12. The lowest BCUT2D eigenvalue weighted by Crippen LogP contribution is -2.61. The standard InChI is InChI=1S/C26H30O16/c1-36-11-4-3-8(27)14-18(32)15-12(5-9(28)22(37-2)24(15)42-23(11)14)40-26-21(35)19(33)17(31)13(41-26)7-39-25-20(34)16(30)10(29)6-38-25/h3-5,10,13,16-17,19-21,25-31,33-35H,6-7H2,1-2H3. The summed E-state index contributed by atoms with van der Waals surface area (Å²) in [6, 6.07) is 3.55. The molecule has 0 saturated carbocycles. The Labute approximate surface area is 236 Å². The predicted octanol–water partition coefficient (Wildman–Crippen LogP) is -1.98. The Bertz CT molecular complexity index is 1510. The molecule has 3 aromatic rings. The van der Waals surface area contributed by atoms with Gasteiger partial charge in [-0.2, -0.15) is 0 Å². The van der Waals surface area contributed by atoms with Crippen LogP contribution in [0.15, 0.2) is 27.4 Å². The van der Waals surface area contributed by atoms with E-state index in [4.69, 9.17) is 32.8 Å². The zero-order chi connectivity index (χ0) is 30.5. The van der Waals surface area contributed by atoms with Gasteiger partial charge >= 0.3 is 0 Å². The van der Waals surface area contributed by atoms with Crippen LogP contribution in [0.5, 0.6) is 28.7 Å². The Balaban J connectivity index is 1.50. The number of phenols is 2. The van der Waals surface area contributed by atoms with Crippen LogP contribution in [0.4, 0.5) is 0 Å². The molecule has 9 unspecified atom stereocenters. The second-order valence-corrected chi connectivity index (χ2v) is 9.77. The second kappa shape index (κ2) is 11.7. The van der Waals surface area contributed by atoms with Crippen LogP contribution in [0.2, 0.25) is 0 Å². The summed E-state index contributed by atoms with van der Waals surface area (Å²) in [7, 11) is 2.53. The first-order chi connectivity index (χ1) is 20.0. The molecule has 0 amide bonds. The fraction of sp³-hybridized carbons (Fsp3) is 0.500. The van der Waals surface area contributed by atoms with E-state index in [0.717, 1.165) is 6.07 Å². The van der Waals surface area contributed by atoms with Gasteiger partial charge in [0.2, 0.25) is 17.5 Å². The van der Waals surface area contributed by atoms with Crippen molar-refractivity contribution in [3.8, 4) is 28.7 Å². The van der Waals surface area contributed by atoms with Crippen molar-refractivity contribution in [2.45, 2.75) is 55.3 Å². The molecule has 2 aliphatic rings. The van der Waals surface area contributed by atoms with Crippen molar-refractivity contribution in [1.82, 2.24) is 0 Å². The van der Waals surface area contributed by atoms with E-state index in [1.165, 1.54) is 26.4 Å². The molecule has 0 aliphatic carbocycles. The molecule has 2 fully saturated rings. The molecule has 230 valence electrons. The first-order valence-corrected chi connectivity index (χ1v) is 12.7. The first kappa shape index (κ1) is 30.0. The van der Waals surface area contributed by atoms with Crippen LogP contribution >= 0.6 is 0 Å². The molecule has 0 bridgehead atoms. The van der Waals surface area contributed by atoms with Crippen LogP contribution in [0, 0.1) is 0 Å². The lowest BCUT2D eigenvalue weighted by atomic mass is 9.99. The lowest BCUT2D eigenvalue weighted by Gasteiger charge is -2.41. The number of phenolic OH excluding ortho intramolecular Hbond substituents is 2. The monoisotopic (exact) mass is 598 g/mol. The Hall–Kier alpha value is -3.45. The number of rotatable bonds is 7. The number of aromatic hydroxyl groups is 2. The summed E-state index contributed by atoms with van der Waals surface area (Å²) >= 11 is 0. The molecule has 5 rings (SSSR count). The number of methoxy groups -OCH3 is 2. The fourth-order valence-corrected chi connectivity index (χ4v) is 4.86. The minimum atomic E-state index is -1.88. The van der Waals surface area contributed by atoms with Gasteiger partial charge in [0.15, 0.2) is 29.0 Å². The molecule has 16 nitrogen and oxygen atoms in total. The van der Waals surface area contributed by atoms with Crippen molar-refractivity contribution in [1.29, 1.82) is 0 Å². The van der Waals surface area contributed by atoms with Gasteiger partial charge in [-0.1, -0.05) is 0 Å². The zero-order valence-electron chi connectivity index (χ0n) is 22.2. The number of hydrogen-bond acceptors (Lipinski definition) is 16. The highest BCUT2D eigenvalue weighted by molar-refractivity contribution is 6.01. The molecular formula is C26H30O16. The zero-order valence-corrected chi connectivity index (χ0v) is 22.2. The van der Waals surface area contributed by atoms with Crippen molar-refractivity contribution in [3.63, 3.8) is 0 Å². The summed E-state index contributed by atoms with van der Waals surface area (Å²) in [4.78, 5) is 13.7. The normalized spacial score (nSPS) is 31.8. The highest BCUT2D eigenvalue weighted by Crippen LogP contribution is 2.43. The van der Waals surface area contributed by atoms with Crippen molar-refractivity contribution >= 4 is 21.9 Å². The summed E-state index contributed by atoms with van der Waals surface area (Å²) < 4.78 is 38.2. The molecule has 1 aromatic heterocycles. The number of aliphatic hydroxyl groups is 6. The molecule has 0 spiro atoms. The summed E-state index contributed by atoms with van der Waals surface area (Å²) in [5.74, 6) is -1.57. The quantitative estimate of drug-likeness (QED) is 0.137. The fourth-order valence-electron chi connectivity index (χ4n) is 4.86. The van der Waals surface area contributed by atoms with E-state index < -0.39 is 84.6 Å². The molecule has 0 radical (unpaired) electrons. The summed E-state index contributed by atoms with van der Waals surface area (Å²) in [5, 5.41) is 81.6. The maximum absolute atomic E-state index is 13.7. The smallest absolute Gasteiger partial charge is 0.229 e. The van der Waals surface area contributed by atoms with Gasteiger partial charge in [-0.15, -0.1) is 0 Å². The van der Waals surface area contributed by atoms with Gasteiger partial charge in [-0.3, -0.25) is 4.79 Å². The van der Waals surface area contributed by atoms with E-state index in [0.29, 0.717) is 0 Å². The number of benzene rings is 2.